The Balaban J connectivity index is 2.01. The van der Waals surface area contributed by atoms with Gasteiger partial charge in [0.15, 0.2) is 8.32 Å². The third kappa shape index (κ3) is 5.92. The van der Waals surface area contributed by atoms with Gasteiger partial charge < -0.3 is 13.9 Å². The number of nitrogens with zero attached hydrogens (tertiary/aromatic N) is 1. The second kappa shape index (κ2) is 9.04. The third-order valence-corrected chi connectivity index (χ3v) is 10.0. The molecule has 1 saturated heterocycles. The van der Waals surface area contributed by atoms with Gasteiger partial charge in [0.1, 0.15) is 13.3 Å². The van der Waals surface area contributed by atoms with Gasteiger partial charge in [0, 0.05) is 6.42 Å². The number of hydrogen-bond acceptors (Lipinski definition) is 4. The Morgan fingerprint density at radius 3 is 2.59 bits per heavy atom. The van der Waals surface area contributed by atoms with Crippen molar-refractivity contribution in [2.75, 3.05) is 13.3 Å². The highest BCUT2D eigenvalue weighted by atomic mass is 28.4. The number of amides is 1. The number of ether oxygens (including phenoxy) is 2. The van der Waals surface area contributed by atoms with Gasteiger partial charge in [-0.05, 0) is 23.7 Å². The molecule has 0 N–H and O–H groups in total. The maximum absolute atomic E-state index is 12.7. The van der Waals surface area contributed by atoms with Crippen LogP contribution in [0.1, 0.15) is 32.8 Å². The summed E-state index contributed by atoms with van der Waals surface area (Å²) in [6.07, 6.45) is 2.01. The van der Waals surface area contributed by atoms with Crippen molar-refractivity contribution in [3.63, 3.8) is 0 Å². The van der Waals surface area contributed by atoms with E-state index in [0.29, 0.717) is 13.0 Å². The number of carbonyl (C=O) groups excluding carboxylic acids is 1. The van der Waals surface area contributed by atoms with Crippen LogP contribution in [-0.4, -0.2) is 44.8 Å². The largest absolute Gasteiger partial charge is 0.444 e. The average Bonchev–Trinajstić information content (AvgIpc) is 2.64. The van der Waals surface area contributed by atoms with Crippen LogP contribution in [0.3, 0.4) is 0 Å². The Kier molecular flexibility index (Phi) is 7.25. The zero-order valence-corrected chi connectivity index (χ0v) is 18.2. The second-order valence-corrected chi connectivity index (χ2v) is 13.4. The molecule has 1 fully saturated rings. The van der Waals surface area contributed by atoms with E-state index in [1.54, 1.807) is 11.0 Å². The van der Waals surface area contributed by atoms with E-state index < -0.39 is 8.32 Å². The topological polar surface area (TPSA) is 48.0 Å². The minimum absolute atomic E-state index is 0.0730. The van der Waals surface area contributed by atoms with E-state index in [1.165, 1.54) is 0 Å². The predicted molar refractivity (Wildman–Crippen MR) is 110 cm³/mol. The van der Waals surface area contributed by atoms with Crippen molar-refractivity contribution in [3.05, 3.63) is 48.6 Å². The summed E-state index contributed by atoms with van der Waals surface area (Å²) in [4.78, 5) is 14.3. The van der Waals surface area contributed by atoms with Crippen LogP contribution < -0.4 is 0 Å². The summed E-state index contributed by atoms with van der Waals surface area (Å²) >= 11 is 0. The summed E-state index contributed by atoms with van der Waals surface area (Å²) in [6, 6.07) is 9.58. The van der Waals surface area contributed by atoms with Crippen LogP contribution in [0.15, 0.2) is 43.0 Å². The summed E-state index contributed by atoms with van der Waals surface area (Å²) in [7, 11) is -1.90. The molecule has 0 spiro atoms. The molecule has 27 heavy (non-hydrogen) atoms. The van der Waals surface area contributed by atoms with Crippen LogP contribution in [0.5, 0.6) is 0 Å². The van der Waals surface area contributed by atoms with Crippen LogP contribution in [0.4, 0.5) is 4.79 Å². The van der Waals surface area contributed by atoms with Crippen LogP contribution in [0.25, 0.3) is 0 Å². The van der Waals surface area contributed by atoms with Gasteiger partial charge in [0.2, 0.25) is 0 Å². The Bertz CT molecular complexity index is 627. The Morgan fingerprint density at radius 2 is 2.00 bits per heavy atom. The lowest BCUT2D eigenvalue weighted by atomic mass is 10.1. The molecule has 1 aliphatic rings. The first-order chi connectivity index (χ1) is 12.6. The average molecular weight is 392 g/mol. The van der Waals surface area contributed by atoms with E-state index in [9.17, 15) is 4.79 Å². The van der Waals surface area contributed by atoms with Gasteiger partial charge >= 0.3 is 6.09 Å². The van der Waals surface area contributed by atoms with E-state index in [2.05, 4.69) is 40.4 Å². The molecule has 150 valence electrons. The highest BCUT2D eigenvalue weighted by Gasteiger charge is 2.40. The lowest BCUT2D eigenvalue weighted by molar-refractivity contribution is -0.0799. The molecule has 2 rings (SSSR count). The Labute approximate surface area is 164 Å². The van der Waals surface area contributed by atoms with Gasteiger partial charge in [0.25, 0.3) is 0 Å². The first-order valence-corrected chi connectivity index (χ1v) is 12.4. The molecule has 0 aromatic heterocycles. The van der Waals surface area contributed by atoms with Crippen molar-refractivity contribution in [2.24, 2.45) is 0 Å². The van der Waals surface area contributed by atoms with E-state index in [1.807, 2.05) is 30.3 Å². The maximum Gasteiger partial charge on any atom is 0.412 e. The van der Waals surface area contributed by atoms with Crippen LogP contribution in [0, 0.1) is 0 Å². The first kappa shape index (κ1) is 21.7. The van der Waals surface area contributed by atoms with E-state index >= 15 is 0 Å². The Morgan fingerprint density at radius 1 is 1.33 bits per heavy atom. The van der Waals surface area contributed by atoms with E-state index in [-0.39, 0.29) is 36.6 Å². The van der Waals surface area contributed by atoms with E-state index in [4.69, 9.17) is 13.9 Å². The Hall–Kier alpha value is -1.63. The molecule has 0 saturated carbocycles. The van der Waals surface area contributed by atoms with Crippen molar-refractivity contribution in [1.29, 1.82) is 0 Å². The third-order valence-electron chi connectivity index (χ3n) is 5.52. The molecule has 0 unspecified atom stereocenters. The molecule has 0 bridgehead atoms. The molecule has 1 aromatic rings. The van der Waals surface area contributed by atoms with Crippen molar-refractivity contribution in [3.8, 4) is 0 Å². The minimum Gasteiger partial charge on any atom is -0.444 e. The van der Waals surface area contributed by atoms with Gasteiger partial charge in [-0.2, -0.15) is 0 Å². The maximum atomic E-state index is 12.7. The smallest absolute Gasteiger partial charge is 0.412 e. The highest BCUT2D eigenvalue weighted by molar-refractivity contribution is 6.74. The predicted octanol–water partition coefficient (Wildman–Crippen LogP) is 4.95. The normalized spacial score (nSPS) is 21.0. The summed E-state index contributed by atoms with van der Waals surface area (Å²) in [5, 5.41) is 0.120. The second-order valence-electron chi connectivity index (χ2n) is 8.54. The standard InChI is InChI=1S/C21H33NO4Si/c1-7-19-13-18(15-26-27(5,6)21(2,3)4)22(16-25-19)20(23)24-14-17-11-9-8-10-12-17/h7-12,18-19H,1,13-16H2,2-6H3/t18-,19+/m0/s1. The minimum atomic E-state index is -1.90. The molecular weight excluding hydrogens is 358 g/mol. The van der Waals surface area contributed by atoms with Crippen molar-refractivity contribution in [2.45, 2.75) is 64.1 Å². The molecule has 6 heteroatoms. The molecular formula is C21H33NO4Si. The van der Waals surface area contributed by atoms with Crippen LogP contribution in [0.2, 0.25) is 18.1 Å². The fourth-order valence-corrected chi connectivity index (χ4v) is 3.63. The molecule has 2 atom stereocenters. The fourth-order valence-electron chi connectivity index (χ4n) is 2.59. The van der Waals surface area contributed by atoms with Crippen molar-refractivity contribution < 1.29 is 18.7 Å². The summed E-state index contributed by atoms with van der Waals surface area (Å²) < 4.78 is 17.6. The molecule has 1 heterocycles. The molecule has 1 aromatic carbocycles. The molecule has 0 radical (unpaired) electrons. The molecule has 1 amide bonds. The van der Waals surface area contributed by atoms with Gasteiger partial charge in [0.05, 0.1) is 18.8 Å². The van der Waals surface area contributed by atoms with Gasteiger partial charge in [-0.3, -0.25) is 4.90 Å². The van der Waals surface area contributed by atoms with Gasteiger partial charge in [-0.1, -0.05) is 57.2 Å². The summed E-state index contributed by atoms with van der Waals surface area (Å²) in [6.45, 7) is 15.8. The van der Waals surface area contributed by atoms with Crippen LogP contribution in [-0.2, 0) is 20.5 Å². The molecule has 1 aliphatic heterocycles. The number of benzene rings is 1. The monoisotopic (exact) mass is 391 g/mol. The SMILES string of the molecule is C=C[C@@H]1C[C@@H](CO[Si](C)(C)C(C)(C)C)N(C(=O)OCc2ccccc2)CO1. The zero-order valence-electron chi connectivity index (χ0n) is 17.2. The number of carbonyl (C=O) groups is 1. The molecule has 5 nitrogen and oxygen atoms in total. The van der Waals surface area contributed by atoms with Gasteiger partial charge in [-0.15, -0.1) is 6.58 Å². The fraction of sp³-hybridized carbons (Fsp3) is 0.571. The highest BCUT2D eigenvalue weighted by Crippen LogP contribution is 2.37. The lowest BCUT2D eigenvalue weighted by Crippen LogP contribution is -2.53. The van der Waals surface area contributed by atoms with Crippen LogP contribution >= 0.6 is 0 Å². The van der Waals surface area contributed by atoms with E-state index in [0.717, 1.165) is 5.56 Å². The number of hydrogen-bond donors (Lipinski definition) is 0. The zero-order chi connectivity index (χ0) is 20.1. The lowest BCUT2D eigenvalue weighted by Gasteiger charge is -2.41. The first-order valence-electron chi connectivity index (χ1n) is 9.49. The summed E-state index contributed by atoms with van der Waals surface area (Å²) in [5.74, 6) is 0. The van der Waals surface area contributed by atoms with Crippen molar-refractivity contribution in [1.82, 2.24) is 4.90 Å². The molecule has 0 aliphatic carbocycles. The van der Waals surface area contributed by atoms with Gasteiger partial charge in [-0.25, -0.2) is 4.79 Å². The van der Waals surface area contributed by atoms with Crippen molar-refractivity contribution >= 4 is 14.4 Å². The quantitative estimate of drug-likeness (QED) is 0.509. The summed E-state index contributed by atoms with van der Waals surface area (Å²) in [5.41, 5.74) is 0.960. The number of rotatable bonds is 6.